The second-order valence-electron chi connectivity index (χ2n) is 5.41. The lowest BCUT2D eigenvalue weighted by molar-refractivity contribution is 0.142. The third-order valence-corrected chi connectivity index (χ3v) is 4.01. The van der Waals surface area contributed by atoms with Gasteiger partial charge in [-0.25, -0.2) is 4.79 Å². The first-order valence-corrected chi connectivity index (χ1v) is 7.20. The predicted octanol–water partition coefficient (Wildman–Crippen LogP) is 2.01. The molecule has 1 saturated heterocycles. The number of ether oxygens (including phenoxy) is 1. The summed E-state index contributed by atoms with van der Waals surface area (Å²) in [6.07, 6.45) is 2.66. The summed E-state index contributed by atoms with van der Waals surface area (Å²) in [5.74, 6) is 0.793. The van der Waals surface area contributed by atoms with Crippen LogP contribution in [0.4, 0.5) is 10.5 Å². The highest BCUT2D eigenvalue weighted by Crippen LogP contribution is 2.27. The fourth-order valence-electron chi connectivity index (χ4n) is 2.61. The number of amides is 2. The summed E-state index contributed by atoms with van der Waals surface area (Å²) in [6.45, 7) is 3.64. The zero-order chi connectivity index (χ0) is 13.9. The quantitative estimate of drug-likeness (QED) is 0.917. The molecule has 0 atom stereocenters. The summed E-state index contributed by atoms with van der Waals surface area (Å²) in [7, 11) is 1.63. The molecule has 1 saturated carbocycles. The fraction of sp³-hybridized carbons (Fsp3) is 0.533. The highest BCUT2D eigenvalue weighted by Gasteiger charge is 2.32. The molecule has 1 heterocycles. The van der Waals surface area contributed by atoms with Crippen molar-refractivity contribution in [2.75, 3.05) is 38.6 Å². The van der Waals surface area contributed by atoms with Crippen LogP contribution >= 0.6 is 0 Å². The number of piperazine rings is 1. The second kappa shape index (κ2) is 5.71. The molecule has 1 aromatic carbocycles. The van der Waals surface area contributed by atoms with Crippen molar-refractivity contribution in [2.24, 2.45) is 0 Å². The second-order valence-corrected chi connectivity index (χ2v) is 5.41. The largest absolute Gasteiger partial charge is 0.497 e. The maximum Gasteiger partial charge on any atom is 0.321 e. The van der Waals surface area contributed by atoms with Crippen LogP contribution in [0.15, 0.2) is 24.3 Å². The number of hydrogen-bond acceptors (Lipinski definition) is 3. The van der Waals surface area contributed by atoms with Gasteiger partial charge >= 0.3 is 6.03 Å². The molecule has 0 radical (unpaired) electrons. The van der Waals surface area contributed by atoms with Crippen LogP contribution in [0.5, 0.6) is 5.75 Å². The molecular formula is C15H21N3O2. The van der Waals surface area contributed by atoms with Crippen molar-refractivity contribution >= 4 is 11.7 Å². The molecule has 1 aromatic rings. The van der Waals surface area contributed by atoms with Crippen LogP contribution < -0.4 is 10.1 Å². The summed E-state index contributed by atoms with van der Waals surface area (Å²) in [4.78, 5) is 16.6. The average Bonchev–Trinajstić information content (AvgIpc) is 3.33. The highest BCUT2D eigenvalue weighted by atomic mass is 16.5. The van der Waals surface area contributed by atoms with E-state index in [9.17, 15) is 4.79 Å². The zero-order valence-electron chi connectivity index (χ0n) is 11.8. The van der Waals surface area contributed by atoms with Crippen molar-refractivity contribution in [1.82, 2.24) is 9.80 Å². The monoisotopic (exact) mass is 275 g/mol. The minimum atomic E-state index is -0.00869. The van der Waals surface area contributed by atoms with E-state index in [2.05, 4.69) is 10.2 Å². The number of rotatable bonds is 3. The van der Waals surface area contributed by atoms with Gasteiger partial charge in [-0.05, 0) is 37.1 Å². The number of carbonyl (C=O) groups excluding carboxylic acids is 1. The molecule has 2 fully saturated rings. The SMILES string of the molecule is COc1ccc(NC(=O)N2CCN(C3CC3)CC2)cc1. The smallest absolute Gasteiger partial charge is 0.321 e. The van der Waals surface area contributed by atoms with Gasteiger partial charge in [0, 0.05) is 37.9 Å². The summed E-state index contributed by atoms with van der Waals surface area (Å²) in [5, 5.41) is 2.94. The van der Waals surface area contributed by atoms with Gasteiger partial charge in [0.1, 0.15) is 5.75 Å². The minimum Gasteiger partial charge on any atom is -0.497 e. The Hall–Kier alpha value is -1.75. The van der Waals surface area contributed by atoms with E-state index in [4.69, 9.17) is 4.74 Å². The van der Waals surface area contributed by atoms with Crippen LogP contribution in [0, 0.1) is 0 Å². The molecule has 0 bridgehead atoms. The van der Waals surface area contributed by atoms with Gasteiger partial charge in [-0.3, -0.25) is 4.90 Å². The molecule has 1 aliphatic carbocycles. The van der Waals surface area contributed by atoms with Crippen molar-refractivity contribution in [3.8, 4) is 5.75 Å². The van der Waals surface area contributed by atoms with E-state index < -0.39 is 0 Å². The van der Waals surface area contributed by atoms with E-state index in [1.807, 2.05) is 29.2 Å². The maximum absolute atomic E-state index is 12.2. The maximum atomic E-state index is 12.2. The molecule has 1 aliphatic heterocycles. The molecule has 2 aliphatic rings. The van der Waals surface area contributed by atoms with E-state index in [0.29, 0.717) is 0 Å². The Balaban J connectivity index is 1.51. The lowest BCUT2D eigenvalue weighted by Gasteiger charge is -2.34. The van der Waals surface area contributed by atoms with Gasteiger partial charge in [-0.15, -0.1) is 0 Å². The molecule has 5 heteroatoms. The van der Waals surface area contributed by atoms with Gasteiger partial charge in [0.2, 0.25) is 0 Å². The molecule has 0 aromatic heterocycles. The van der Waals surface area contributed by atoms with Crippen molar-refractivity contribution in [3.63, 3.8) is 0 Å². The third kappa shape index (κ3) is 3.04. The number of urea groups is 1. The van der Waals surface area contributed by atoms with E-state index >= 15 is 0 Å². The molecular weight excluding hydrogens is 254 g/mol. The Morgan fingerprint density at radius 2 is 1.80 bits per heavy atom. The molecule has 20 heavy (non-hydrogen) atoms. The van der Waals surface area contributed by atoms with Gasteiger partial charge in [0.15, 0.2) is 0 Å². The first-order valence-electron chi connectivity index (χ1n) is 7.20. The van der Waals surface area contributed by atoms with Crippen molar-refractivity contribution in [1.29, 1.82) is 0 Å². The highest BCUT2D eigenvalue weighted by molar-refractivity contribution is 5.89. The van der Waals surface area contributed by atoms with Gasteiger partial charge in [0.05, 0.1) is 7.11 Å². The average molecular weight is 275 g/mol. The number of hydrogen-bond donors (Lipinski definition) is 1. The minimum absolute atomic E-state index is 0.00869. The van der Waals surface area contributed by atoms with Crippen LogP contribution in [-0.4, -0.2) is 55.2 Å². The van der Waals surface area contributed by atoms with Gasteiger partial charge in [-0.2, -0.15) is 0 Å². The van der Waals surface area contributed by atoms with Crippen LogP contribution in [0.1, 0.15) is 12.8 Å². The predicted molar refractivity (Wildman–Crippen MR) is 78.2 cm³/mol. The standard InChI is InChI=1S/C15H21N3O2/c1-20-14-6-2-12(3-7-14)16-15(19)18-10-8-17(9-11-18)13-4-5-13/h2-3,6-7,13H,4-5,8-11H2,1H3,(H,16,19). The van der Waals surface area contributed by atoms with Crippen LogP contribution in [0.2, 0.25) is 0 Å². The molecule has 0 spiro atoms. The molecule has 3 rings (SSSR count). The third-order valence-electron chi connectivity index (χ3n) is 4.01. The number of benzene rings is 1. The molecule has 108 valence electrons. The molecule has 5 nitrogen and oxygen atoms in total. The Morgan fingerprint density at radius 1 is 1.15 bits per heavy atom. The van der Waals surface area contributed by atoms with Crippen LogP contribution in [-0.2, 0) is 0 Å². The van der Waals surface area contributed by atoms with Crippen molar-refractivity contribution < 1.29 is 9.53 Å². The Kier molecular flexibility index (Phi) is 3.78. The topological polar surface area (TPSA) is 44.8 Å². The Bertz CT molecular complexity index is 463. The lowest BCUT2D eigenvalue weighted by atomic mass is 10.3. The zero-order valence-corrected chi connectivity index (χ0v) is 11.8. The first kappa shape index (κ1) is 13.2. The number of nitrogens with one attached hydrogen (secondary N) is 1. The summed E-state index contributed by atoms with van der Waals surface area (Å²) >= 11 is 0. The summed E-state index contributed by atoms with van der Waals surface area (Å²) in [6, 6.07) is 8.20. The van der Waals surface area contributed by atoms with Crippen molar-refractivity contribution in [2.45, 2.75) is 18.9 Å². The van der Waals surface area contributed by atoms with Gasteiger partial charge in [-0.1, -0.05) is 0 Å². The van der Waals surface area contributed by atoms with E-state index in [1.165, 1.54) is 12.8 Å². The van der Waals surface area contributed by atoms with E-state index in [-0.39, 0.29) is 6.03 Å². The van der Waals surface area contributed by atoms with Gasteiger partial charge < -0.3 is 15.0 Å². The number of anilines is 1. The lowest BCUT2D eigenvalue weighted by Crippen LogP contribution is -2.50. The molecule has 0 unspecified atom stereocenters. The normalized spacial score (nSPS) is 19.8. The summed E-state index contributed by atoms with van der Waals surface area (Å²) < 4.78 is 5.10. The number of carbonyl (C=O) groups is 1. The molecule has 1 N–H and O–H groups in total. The van der Waals surface area contributed by atoms with Gasteiger partial charge in [0.25, 0.3) is 0 Å². The number of nitrogens with zero attached hydrogens (tertiary/aromatic N) is 2. The number of methoxy groups -OCH3 is 1. The van der Waals surface area contributed by atoms with Crippen LogP contribution in [0.25, 0.3) is 0 Å². The first-order chi connectivity index (χ1) is 9.76. The summed E-state index contributed by atoms with van der Waals surface area (Å²) in [5.41, 5.74) is 0.806. The molecule has 2 amide bonds. The van der Waals surface area contributed by atoms with E-state index in [1.54, 1.807) is 7.11 Å². The Labute approximate surface area is 119 Å². The fourth-order valence-corrected chi connectivity index (χ4v) is 2.61. The Morgan fingerprint density at radius 3 is 2.35 bits per heavy atom. The van der Waals surface area contributed by atoms with Crippen LogP contribution in [0.3, 0.4) is 0 Å². The van der Waals surface area contributed by atoms with Crippen molar-refractivity contribution in [3.05, 3.63) is 24.3 Å². The van der Waals surface area contributed by atoms with E-state index in [0.717, 1.165) is 43.7 Å².